The largest absolute Gasteiger partial charge is 0.494 e. The van der Waals surface area contributed by atoms with Crippen LogP contribution in [0, 0.1) is 13.8 Å². The Labute approximate surface area is 249 Å². The zero-order valence-corrected chi connectivity index (χ0v) is 25.7. The highest BCUT2D eigenvalue weighted by atomic mass is 32.2. The fraction of sp³-hybridized carbons (Fsp3) is 0.394. The third-order valence-electron chi connectivity index (χ3n) is 7.63. The summed E-state index contributed by atoms with van der Waals surface area (Å²) in [7, 11) is -4.12. The van der Waals surface area contributed by atoms with Gasteiger partial charge in [0.15, 0.2) is 0 Å². The van der Waals surface area contributed by atoms with Crippen molar-refractivity contribution in [2.24, 2.45) is 0 Å². The first-order chi connectivity index (χ1) is 20.1. The van der Waals surface area contributed by atoms with Gasteiger partial charge in [-0.2, -0.15) is 0 Å². The van der Waals surface area contributed by atoms with Crippen molar-refractivity contribution in [3.05, 3.63) is 89.5 Å². The number of carbonyl (C=O) groups excluding carboxylic acids is 2. The van der Waals surface area contributed by atoms with Crippen LogP contribution in [0.2, 0.25) is 0 Å². The molecular formula is C33H41N3O5S. The molecule has 0 aromatic heterocycles. The Bertz CT molecular complexity index is 1470. The van der Waals surface area contributed by atoms with Crippen molar-refractivity contribution in [3.63, 3.8) is 0 Å². The fourth-order valence-electron chi connectivity index (χ4n) is 5.22. The van der Waals surface area contributed by atoms with E-state index in [2.05, 4.69) is 5.32 Å². The van der Waals surface area contributed by atoms with Crippen molar-refractivity contribution in [1.29, 1.82) is 0 Å². The van der Waals surface area contributed by atoms with Crippen LogP contribution in [0.15, 0.2) is 77.7 Å². The minimum atomic E-state index is -4.12. The number of ether oxygens (including phenoxy) is 1. The molecular weight excluding hydrogens is 550 g/mol. The summed E-state index contributed by atoms with van der Waals surface area (Å²) < 4.78 is 34.6. The predicted octanol–water partition coefficient (Wildman–Crippen LogP) is 5.37. The van der Waals surface area contributed by atoms with Crippen LogP contribution in [-0.4, -0.2) is 50.4 Å². The summed E-state index contributed by atoms with van der Waals surface area (Å²) >= 11 is 0. The molecule has 9 heteroatoms. The van der Waals surface area contributed by atoms with Gasteiger partial charge in [-0.15, -0.1) is 0 Å². The lowest BCUT2D eigenvalue weighted by atomic mass is 10.1. The molecule has 0 saturated heterocycles. The molecule has 1 aliphatic rings. The Hall–Kier alpha value is -3.85. The van der Waals surface area contributed by atoms with Gasteiger partial charge in [0.1, 0.15) is 18.3 Å². The molecule has 224 valence electrons. The summed E-state index contributed by atoms with van der Waals surface area (Å²) in [4.78, 5) is 29.0. The van der Waals surface area contributed by atoms with Crippen molar-refractivity contribution in [2.45, 2.75) is 76.9 Å². The van der Waals surface area contributed by atoms with Gasteiger partial charge in [-0.1, -0.05) is 60.4 Å². The zero-order chi connectivity index (χ0) is 30.3. The number of rotatable bonds is 12. The lowest BCUT2D eigenvalue weighted by Crippen LogP contribution is -2.52. The second-order valence-corrected chi connectivity index (χ2v) is 12.8. The summed E-state index contributed by atoms with van der Waals surface area (Å²) in [6, 6.07) is 20.2. The summed E-state index contributed by atoms with van der Waals surface area (Å²) in [6.45, 7) is 7.58. The van der Waals surface area contributed by atoms with Gasteiger partial charge in [0, 0.05) is 12.6 Å². The van der Waals surface area contributed by atoms with Gasteiger partial charge in [0.2, 0.25) is 11.8 Å². The highest BCUT2D eigenvalue weighted by Gasteiger charge is 2.33. The van der Waals surface area contributed by atoms with Gasteiger partial charge in [-0.25, -0.2) is 8.42 Å². The van der Waals surface area contributed by atoms with E-state index in [1.54, 1.807) is 55.5 Å². The molecule has 1 saturated carbocycles. The first-order valence-corrected chi connectivity index (χ1v) is 16.0. The average Bonchev–Trinajstić information content (AvgIpc) is 3.48. The van der Waals surface area contributed by atoms with E-state index in [0.29, 0.717) is 18.0 Å². The van der Waals surface area contributed by atoms with Crippen molar-refractivity contribution in [1.82, 2.24) is 10.2 Å². The van der Waals surface area contributed by atoms with Gasteiger partial charge < -0.3 is 15.0 Å². The van der Waals surface area contributed by atoms with Gasteiger partial charge >= 0.3 is 0 Å². The number of amides is 2. The quantitative estimate of drug-likeness (QED) is 0.305. The monoisotopic (exact) mass is 591 g/mol. The number of nitrogens with one attached hydrogen (secondary N) is 1. The van der Waals surface area contributed by atoms with E-state index in [1.165, 1.54) is 4.90 Å². The van der Waals surface area contributed by atoms with Gasteiger partial charge in [-0.3, -0.25) is 13.9 Å². The lowest BCUT2D eigenvalue weighted by Gasteiger charge is -2.32. The van der Waals surface area contributed by atoms with Crippen LogP contribution < -0.4 is 14.4 Å². The SMILES string of the molecule is CCOc1ccc(N(CC(=O)N(Cc2cccc(C)c2)[C@@H](C)C(=O)NC2CCCC2)S(=O)(=O)c2ccc(C)cc2)cc1. The molecule has 0 spiro atoms. The molecule has 0 unspecified atom stereocenters. The number of sulfonamides is 1. The van der Waals surface area contributed by atoms with Gasteiger partial charge in [0.25, 0.3) is 10.0 Å². The lowest BCUT2D eigenvalue weighted by molar-refractivity contribution is -0.139. The van der Waals surface area contributed by atoms with Crippen LogP contribution >= 0.6 is 0 Å². The van der Waals surface area contributed by atoms with Crippen LogP contribution in [-0.2, 0) is 26.2 Å². The van der Waals surface area contributed by atoms with Crippen LogP contribution in [0.1, 0.15) is 56.2 Å². The number of hydrogen-bond donors (Lipinski definition) is 1. The standard InChI is InChI=1S/C33H41N3O5S/c1-5-41-30-17-15-29(16-18-30)36(42(39,40)31-19-13-24(2)14-20-31)23-32(37)35(22-27-10-8-9-25(3)21-27)26(4)33(38)34-28-11-6-7-12-28/h8-10,13-21,26,28H,5-7,11-12,22-23H2,1-4H3,(H,34,38)/t26-/m0/s1. The fourth-order valence-corrected chi connectivity index (χ4v) is 6.64. The zero-order valence-electron chi connectivity index (χ0n) is 24.9. The van der Waals surface area contributed by atoms with E-state index < -0.39 is 28.5 Å². The Morgan fingerprint density at radius 3 is 2.24 bits per heavy atom. The number of anilines is 1. The number of hydrogen-bond acceptors (Lipinski definition) is 5. The molecule has 8 nitrogen and oxygen atoms in total. The molecule has 1 atom stereocenters. The smallest absolute Gasteiger partial charge is 0.264 e. The molecule has 1 fully saturated rings. The highest BCUT2D eigenvalue weighted by Crippen LogP contribution is 2.27. The summed E-state index contributed by atoms with van der Waals surface area (Å²) in [5.41, 5.74) is 3.13. The van der Waals surface area contributed by atoms with Crippen molar-refractivity contribution in [2.75, 3.05) is 17.5 Å². The van der Waals surface area contributed by atoms with Crippen LogP contribution in [0.3, 0.4) is 0 Å². The molecule has 3 aromatic rings. The summed E-state index contributed by atoms with van der Waals surface area (Å²) in [6.07, 6.45) is 3.98. The van der Waals surface area contributed by atoms with E-state index >= 15 is 0 Å². The molecule has 0 aliphatic heterocycles. The molecule has 3 aromatic carbocycles. The topological polar surface area (TPSA) is 96.0 Å². The highest BCUT2D eigenvalue weighted by molar-refractivity contribution is 7.92. The molecule has 2 amide bonds. The third kappa shape index (κ3) is 7.70. The maximum Gasteiger partial charge on any atom is 0.264 e. The Morgan fingerprint density at radius 1 is 0.952 bits per heavy atom. The molecule has 1 aliphatic carbocycles. The molecule has 0 heterocycles. The molecule has 42 heavy (non-hydrogen) atoms. The van der Waals surface area contributed by atoms with E-state index in [4.69, 9.17) is 4.74 Å². The molecule has 0 radical (unpaired) electrons. The van der Waals surface area contributed by atoms with E-state index in [9.17, 15) is 18.0 Å². The Morgan fingerprint density at radius 2 is 1.62 bits per heavy atom. The summed E-state index contributed by atoms with van der Waals surface area (Å²) in [5, 5.41) is 3.10. The predicted molar refractivity (Wildman–Crippen MR) is 165 cm³/mol. The first-order valence-electron chi connectivity index (χ1n) is 14.6. The first kappa shape index (κ1) is 31.1. The summed E-state index contributed by atoms with van der Waals surface area (Å²) in [5.74, 6) is -0.120. The van der Waals surface area contributed by atoms with Gasteiger partial charge in [0.05, 0.1) is 17.2 Å². The van der Waals surface area contributed by atoms with Crippen molar-refractivity contribution < 1.29 is 22.7 Å². The third-order valence-corrected chi connectivity index (χ3v) is 9.42. The van der Waals surface area contributed by atoms with Crippen molar-refractivity contribution >= 4 is 27.5 Å². The second-order valence-electron chi connectivity index (χ2n) is 10.9. The van der Waals surface area contributed by atoms with Crippen LogP contribution in [0.4, 0.5) is 5.69 Å². The minimum absolute atomic E-state index is 0.0760. The van der Waals surface area contributed by atoms with Crippen LogP contribution in [0.5, 0.6) is 5.75 Å². The minimum Gasteiger partial charge on any atom is -0.494 e. The Balaban J connectivity index is 1.69. The Kier molecular flexibility index (Phi) is 10.3. The van der Waals surface area contributed by atoms with E-state index in [1.807, 2.05) is 45.0 Å². The van der Waals surface area contributed by atoms with E-state index in [0.717, 1.165) is 46.7 Å². The van der Waals surface area contributed by atoms with Crippen LogP contribution in [0.25, 0.3) is 0 Å². The average molecular weight is 592 g/mol. The molecule has 1 N–H and O–H groups in total. The number of aryl methyl sites for hydroxylation is 2. The van der Waals surface area contributed by atoms with Gasteiger partial charge in [-0.05, 0) is 82.5 Å². The number of nitrogens with zero attached hydrogens (tertiary/aromatic N) is 2. The van der Waals surface area contributed by atoms with Crippen molar-refractivity contribution in [3.8, 4) is 5.75 Å². The second kappa shape index (κ2) is 13.9. The maximum absolute atomic E-state index is 14.1. The van der Waals surface area contributed by atoms with E-state index in [-0.39, 0.29) is 23.4 Å². The normalized spacial score (nSPS) is 14.3. The molecule has 4 rings (SSSR count). The number of benzene rings is 3. The molecule has 0 bridgehead atoms. The number of carbonyl (C=O) groups is 2. The maximum atomic E-state index is 14.1.